The van der Waals surface area contributed by atoms with Crippen LogP contribution >= 0.6 is 0 Å². The number of rotatable bonds is 22. The van der Waals surface area contributed by atoms with Gasteiger partial charge < -0.3 is 38.9 Å². The summed E-state index contributed by atoms with van der Waals surface area (Å²) in [5.74, 6) is -1.72. The Morgan fingerprint density at radius 1 is 0.528 bits per heavy atom. The Bertz CT molecular complexity index is 630. The quantitative estimate of drug-likeness (QED) is 0.153. The van der Waals surface area contributed by atoms with E-state index in [0.29, 0.717) is 32.7 Å². The predicted molar refractivity (Wildman–Crippen MR) is 135 cm³/mol. The smallest absolute Gasteiger partial charge is 0.306 e. The lowest BCUT2D eigenvalue weighted by Crippen LogP contribution is -2.38. The molecule has 0 bridgehead atoms. The Morgan fingerprint density at radius 3 is 1.17 bits per heavy atom. The molecule has 0 unspecified atom stereocenters. The Kier molecular flexibility index (Phi) is 19.5. The first-order valence-corrected chi connectivity index (χ1v) is 12.3. The van der Waals surface area contributed by atoms with Gasteiger partial charge in [0.1, 0.15) is 0 Å². The summed E-state index contributed by atoms with van der Waals surface area (Å²) in [7, 11) is 8.14. The molecule has 36 heavy (non-hydrogen) atoms. The number of carbonyl (C=O) groups excluding carboxylic acids is 3. The van der Waals surface area contributed by atoms with E-state index in [0.717, 1.165) is 39.1 Å². The van der Waals surface area contributed by atoms with Gasteiger partial charge in [-0.1, -0.05) is 0 Å². The monoisotopic (exact) mass is 518 g/mol. The molecule has 12 heteroatoms. The topological polar surface area (TPSA) is 129 Å². The molecule has 0 amide bonds. The Balaban J connectivity index is 4.37. The zero-order chi connectivity index (χ0) is 27.3. The summed E-state index contributed by atoms with van der Waals surface area (Å²) < 4.78 is 14.1. The van der Waals surface area contributed by atoms with Crippen LogP contribution in [0.15, 0.2) is 0 Å². The fraction of sp³-hybridized carbons (Fsp3) is 0.833. The Labute approximate surface area is 215 Å². The molecule has 0 radical (unpaired) electrons. The lowest BCUT2D eigenvalue weighted by atomic mass is 10.3. The molecule has 0 fully saturated rings. The molecule has 0 atom stereocenters. The van der Waals surface area contributed by atoms with Crippen molar-refractivity contribution in [2.24, 2.45) is 0 Å². The largest absolute Gasteiger partial charge is 0.481 e. The van der Waals surface area contributed by atoms with E-state index in [9.17, 15) is 19.2 Å². The van der Waals surface area contributed by atoms with Gasteiger partial charge in [0.2, 0.25) is 0 Å². The SMILES string of the molecule is COC(=O)CCN(CCC(=O)O)CCN(C)CCCN(C)CCN(CCC(=O)OC)CCC(=O)OC. The van der Waals surface area contributed by atoms with Crippen molar-refractivity contribution in [2.75, 3.05) is 101 Å². The average Bonchev–Trinajstić information content (AvgIpc) is 2.86. The minimum Gasteiger partial charge on any atom is -0.481 e. The number of carbonyl (C=O) groups is 4. The van der Waals surface area contributed by atoms with Crippen LogP contribution in [0.1, 0.15) is 32.1 Å². The third-order valence-corrected chi connectivity index (χ3v) is 5.90. The van der Waals surface area contributed by atoms with Crippen LogP contribution in [0.3, 0.4) is 0 Å². The third kappa shape index (κ3) is 19.0. The van der Waals surface area contributed by atoms with Gasteiger partial charge >= 0.3 is 23.9 Å². The van der Waals surface area contributed by atoms with Crippen LogP contribution in [0.2, 0.25) is 0 Å². The zero-order valence-electron chi connectivity index (χ0n) is 22.7. The molecule has 0 saturated heterocycles. The van der Waals surface area contributed by atoms with Gasteiger partial charge in [0, 0.05) is 52.4 Å². The fourth-order valence-corrected chi connectivity index (χ4v) is 3.44. The first kappa shape index (κ1) is 33.7. The predicted octanol–water partition coefficient (Wildman–Crippen LogP) is 0.00810. The highest BCUT2D eigenvalue weighted by Gasteiger charge is 2.13. The second-order valence-electron chi connectivity index (χ2n) is 8.77. The van der Waals surface area contributed by atoms with Crippen molar-refractivity contribution in [3.63, 3.8) is 0 Å². The van der Waals surface area contributed by atoms with Gasteiger partial charge in [-0.2, -0.15) is 0 Å². The van der Waals surface area contributed by atoms with Crippen LogP contribution in [0.4, 0.5) is 0 Å². The summed E-state index contributed by atoms with van der Waals surface area (Å²) in [6, 6.07) is 0. The lowest BCUT2D eigenvalue weighted by Gasteiger charge is -2.26. The van der Waals surface area contributed by atoms with Crippen LogP contribution in [-0.2, 0) is 33.4 Å². The summed E-state index contributed by atoms with van der Waals surface area (Å²) in [4.78, 5) is 53.8. The molecule has 0 heterocycles. The van der Waals surface area contributed by atoms with Crippen molar-refractivity contribution in [3.8, 4) is 0 Å². The summed E-state index contributed by atoms with van der Waals surface area (Å²) in [5, 5.41) is 8.96. The van der Waals surface area contributed by atoms with Crippen molar-refractivity contribution in [1.29, 1.82) is 0 Å². The number of esters is 3. The number of nitrogens with zero attached hydrogens (tertiary/aromatic N) is 4. The average molecular weight is 519 g/mol. The maximum atomic E-state index is 11.5. The second-order valence-corrected chi connectivity index (χ2v) is 8.77. The number of carboxylic acids is 1. The third-order valence-electron chi connectivity index (χ3n) is 5.90. The number of carboxylic acid groups (broad SMARTS) is 1. The highest BCUT2D eigenvalue weighted by atomic mass is 16.5. The van der Waals surface area contributed by atoms with E-state index < -0.39 is 5.97 Å². The van der Waals surface area contributed by atoms with E-state index in [4.69, 9.17) is 14.6 Å². The Hall–Kier alpha value is -2.28. The molecule has 0 aromatic rings. The molecule has 12 nitrogen and oxygen atoms in total. The van der Waals surface area contributed by atoms with Gasteiger partial charge in [-0.25, -0.2) is 0 Å². The van der Waals surface area contributed by atoms with Crippen molar-refractivity contribution in [2.45, 2.75) is 32.1 Å². The highest BCUT2D eigenvalue weighted by Crippen LogP contribution is 2.01. The van der Waals surface area contributed by atoms with Crippen LogP contribution in [0.5, 0.6) is 0 Å². The first-order valence-electron chi connectivity index (χ1n) is 12.3. The van der Waals surface area contributed by atoms with E-state index >= 15 is 0 Å². The van der Waals surface area contributed by atoms with Crippen LogP contribution in [0.25, 0.3) is 0 Å². The summed E-state index contributed by atoms with van der Waals surface area (Å²) >= 11 is 0. The molecule has 0 saturated carbocycles. The highest BCUT2D eigenvalue weighted by molar-refractivity contribution is 5.70. The van der Waals surface area contributed by atoms with Crippen LogP contribution < -0.4 is 0 Å². The number of ether oxygens (including phenoxy) is 3. The molecular formula is C24H46N4O8. The zero-order valence-corrected chi connectivity index (χ0v) is 22.7. The standard InChI is InChI=1S/C24H46N4O8/c1-25(17-19-27(13-7-21(29)30)14-8-22(31)34-3)11-6-12-26(2)18-20-28(15-9-23(32)35-4)16-10-24(33)36-5/h6-20H2,1-5H3,(H,29,30). The second kappa shape index (κ2) is 20.9. The molecular weight excluding hydrogens is 472 g/mol. The maximum Gasteiger partial charge on any atom is 0.306 e. The molecule has 1 N–H and O–H groups in total. The molecule has 0 aromatic carbocycles. The van der Waals surface area contributed by atoms with Crippen LogP contribution in [0, 0.1) is 0 Å². The minimum absolute atomic E-state index is 0.0337. The van der Waals surface area contributed by atoms with Crippen molar-refractivity contribution < 1.29 is 38.5 Å². The summed E-state index contributed by atoms with van der Waals surface area (Å²) in [5.41, 5.74) is 0. The molecule has 210 valence electrons. The molecule has 0 rings (SSSR count). The molecule has 0 spiro atoms. The van der Waals surface area contributed by atoms with Crippen LogP contribution in [-0.4, -0.2) is 149 Å². The van der Waals surface area contributed by atoms with E-state index in [1.54, 1.807) is 0 Å². The normalized spacial score (nSPS) is 11.4. The molecule has 0 aromatic heterocycles. The van der Waals surface area contributed by atoms with E-state index in [2.05, 4.69) is 19.4 Å². The van der Waals surface area contributed by atoms with Crippen molar-refractivity contribution >= 4 is 23.9 Å². The van der Waals surface area contributed by atoms with Gasteiger partial charge in [0.25, 0.3) is 0 Å². The molecule has 0 aliphatic carbocycles. The number of hydrogen-bond acceptors (Lipinski definition) is 11. The maximum absolute atomic E-state index is 11.5. The summed E-state index contributed by atoms with van der Waals surface area (Å²) in [6.45, 7) is 6.63. The lowest BCUT2D eigenvalue weighted by molar-refractivity contribution is -0.142. The van der Waals surface area contributed by atoms with Gasteiger partial charge in [-0.05, 0) is 33.6 Å². The number of aliphatic carboxylic acids is 1. The van der Waals surface area contributed by atoms with Gasteiger partial charge in [0.15, 0.2) is 0 Å². The molecule has 0 aliphatic heterocycles. The van der Waals surface area contributed by atoms with Gasteiger partial charge in [-0.15, -0.1) is 0 Å². The minimum atomic E-state index is -0.858. The molecule has 0 aliphatic rings. The number of likely N-dealkylation sites (N-methyl/N-ethyl adjacent to an activating group) is 2. The van der Waals surface area contributed by atoms with E-state index in [-0.39, 0.29) is 43.6 Å². The van der Waals surface area contributed by atoms with E-state index in [1.165, 1.54) is 21.3 Å². The summed E-state index contributed by atoms with van der Waals surface area (Å²) in [6.07, 6.45) is 1.77. The fourth-order valence-electron chi connectivity index (χ4n) is 3.44. The van der Waals surface area contributed by atoms with Gasteiger partial charge in [0.05, 0.1) is 47.0 Å². The Morgan fingerprint density at radius 2 is 0.861 bits per heavy atom. The van der Waals surface area contributed by atoms with Crippen molar-refractivity contribution in [1.82, 2.24) is 19.6 Å². The van der Waals surface area contributed by atoms with Gasteiger partial charge in [-0.3, -0.25) is 19.2 Å². The number of hydrogen-bond donors (Lipinski definition) is 1. The number of methoxy groups -OCH3 is 3. The van der Waals surface area contributed by atoms with Crippen molar-refractivity contribution in [3.05, 3.63) is 0 Å². The van der Waals surface area contributed by atoms with E-state index in [1.807, 2.05) is 19.0 Å². The first-order chi connectivity index (χ1) is 17.1.